The Bertz CT molecular complexity index is 619. The Hall–Kier alpha value is -1.46. The van der Waals surface area contributed by atoms with E-state index >= 15 is 0 Å². The Labute approximate surface area is 116 Å². The predicted molar refractivity (Wildman–Crippen MR) is 74.5 cm³/mol. The zero-order chi connectivity index (χ0) is 12.8. The van der Waals surface area contributed by atoms with Gasteiger partial charge in [0.2, 0.25) is 0 Å². The quantitative estimate of drug-likeness (QED) is 0.799. The molecule has 6 heteroatoms. The molecule has 2 aromatic heterocycles. The van der Waals surface area contributed by atoms with Gasteiger partial charge in [-0.15, -0.1) is 0 Å². The van der Waals surface area contributed by atoms with Crippen LogP contribution in [-0.2, 0) is 0 Å². The summed E-state index contributed by atoms with van der Waals surface area (Å²) in [7, 11) is 0. The van der Waals surface area contributed by atoms with Gasteiger partial charge in [0.1, 0.15) is 10.7 Å². The lowest BCUT2D eigenvalue weighted by Crippen LogP contribution is -2.30. The summed E-state index contributed by atoms with van der Waals surface area (Å²) in [5.41, 5.74) is 1.65. The third-order valence-corrected chi connectivity index (χ3v) is 4.26. The van der Waals surface area contributed by atoms with Crippen LogP contribution >= 0.6 is 11.6 Å². The number of nitrogens with zero attached hydrogens (tertiary/aromatic N) is 4. The molecule has 2 aliphatic heterocycles. The van der Waals surface area contributed by atoms with E-state index in [-0.39, 0.29) is 0 Å². The van der Waals surface area contributed by atoms with Gasteiger partial charge in [-0.05, 0) is 18.9 Å². The first-order chi connectivity index (χ1) is 9.31. The molecule has 0 aliphatic carbocycles. The molecule has 2 aliphatic rings. The summed E-state index contributed by atoms with van der Waals surface area (Å²) >= 11 is 6.10. The molecule has 0 amide bonds. The Balaban J connectivity index is 1.78. The summed E-state index contributed by atoms with van der Waals surface area (Å²) in [4.78, 5) is 15.5. The standard InChI is InChI=1S/C13H14ClN5/c14-11-5-9-12(17-4-3-16-9)13(18-11)19-6-8-1-2-15-10(8)7-19/h3-5,8,10,15H,1-2,6-7H2/t8-,10+/m0/s1. The van der Waals surface area contributed by atoms with Crippen molar-refractivity contribution >= 4 is 28.5 Å². The summed E-state index contributed by atoms with van der Waals surface area (Å²) in [6.07, 6.45) is 4.63. The Morgan fingerprint density at radius 2 is 2.16 bits per heavy atom. The molecule has 2 aromatic rings. The Morgan fingerprint density at radius 1 is 1.26 bits per heavy atom. The Morgan fingerprint density at radius 3 is 3.05 bits per heavy atom. The van der Waals surface area contributed by atoms with Crippen LogP contribution in [0.25, 0.3) is 11.0 Å². The predicted octanol–water partition coefficient (Wildman–Crippen LogP) is 1.48. The largest absolute Gasteiger partial charge is 0.353 e. The lowest BCUT2D eigenvalue weighted by Gasteiger charge is -2.19. The van der Waals surface area contributed by atoms with Crippen LogP contribution < -0.4 is 10.2 Å². The average Bonchev–Trinajstić information content (AvgIpc) is 2.98. The van der Waals surface area contributed by atoms with Gasteiger partial charge in [-0.2, -0.15) is 0 Å². The van der Waals surface area contributed by atoms with Crippen LogP contribution in [0.4, 0.5) is 5.82 Å². The van der Waals surface area contributed by atoms with Crippen molar-refractivity contribution in [1.82, 2.24) is 20.3 Å². The molecule has 0 spiro atoms. The zero-order valence-electron chi connectivity index (χ0n) is 10.4. The third kappa shape index (κ3) is 1.84. The van der Waals surface area contributed by atoms with Crippen molar-refractivity contribution in [2.24, 2.45) is 5.92 Å². The zero-order valence-corrected chi connectivity index (χ0v) is 11.1. The fourth-order valence-corrected chi connectivity index (χ4v) is 3.35. The highest BCUT2D eigenvalue weighted by Gasteiger charge is 2.37. The average molecular weight is 276 g/mol. The van der Waals surface area contributed by atoms with Gasteiger partial charge in [0.25, 0.3) is 0 Å². The highest BCUT2D eigenvalue weighted by Crippen LogP contribution is 2.31. The molecule has 4 rings (SSSR count). The maximum atomic E-state index is 6.10. The van der Waals surface area contributed by atoms with E-state index in [2.05, 4.69) is 25.2 Å². The van der Waals surface area contributed by atoms with Gasteiger partial charge >= 0.3 is 0 Å². The smallest absolute Gasteiger partial charge is 0.158 e. The minimum absolute atomic E-state index is 0.480. The van der Waals surface area contributed by atoms with Crippen LogP contribution in [0.5, 0.6) is 0 Å². The van der Waals surface area contributed by atoms with E-state index in [9.17, 15) is 0 Å². The fourth-order valence-electron chi connectivity index (χ4n) is 3.17. The van der Waals surface area contributed by atoms with Gasteiger partial charge in [-0.25, -0.2) is 9.97 Å². The molecule has 0 aromatic carbocycles. The molecule has 0 bridgehead atoms. The normalized spacial score (nSPS) is 26.1. The number of aromatic nitrogens is 3. The maximum absolute atomic E-state index is 6.10. The van der Waals surface area contributed by atoms with E-state index in [1.54, 1.807) is 18.5 Å². The van der Waals surface area contributed by atoms with Crippen molar-refractivity contribution in [2.45, 2.75) is 12.5 Å². The van der Waals surface area contributed by atoms with Crippen molar-refractivity contribution in [3.05, 3.63) is 23.6 Å². The van der Waals surface area contributed by atoms with Crippen molar-refractivity contribution in [3.8, 4) is 0 Å². The minimum Gasteiger partial charge on any atom is -0.353 e. The second-order valence-electron chi connectivity index (χ2n) is 5.21. The van der Waals surface area contributed by atoms with Crippen LogP contribution in [-0.4, -0.2) is 40.6 Å². The van der Waals surface area contributed by atoms with Crippen molar-refractivity contribution in [2.75, 3.05) is 24.5 Å². The van der Waals surface area contributed by atoms with E-state index in [1.807, 2.05) is 0 Å². The van der Waals surface area contributed by atoms with Crippen LogP contribution in [0.2, 0.25) is 5.15 Å². The number of fused-ring (bicyclic) bond motifs is 2. The number of pyridine rings is 1. The lowest BCUT2D eigenvalue weighted by atomic mass is 10.1. The fraction of sp³-hybridized carbons (Fsp3) is 0.462. The third-order valence-electron chi connectivity index (χ3n) is 4.07. The van der Waals surface area contributed by atoms with E-state index < -0.39 is 0 Å². The number of nitrogens with one attached hydrogen (secondary N) is 1. The van der Waals surface area contributed by atoms with Crippen LogP contribution in [0.1, 0.15) is 6.42 Å². The van der Waals surface area contributed by atoms with Crippen molar-refractivity contribution < 1.29 is 0 Å². The number of hydrogen-bond donors (Lipinski definition) is 1. The second kappa shape index (κ2) is 4.28. The topological polar surface area (TPSA) is 53.9 Å². The molecular weight excluding hydrogens is 262 g/mol. The van der Waals surface area contributed by atoms with Crippen molar-refractivity contribution in [1.29, 1.82) is 0 Å². The molecular formula is C13H14ClN5. The van der Waals surface area contributed by atoms with Gasteiger partial charge in [0.05, 0.1) is 5.52 Å². The molecule has 4 heterocycles. The number of hydrogen-bond acceptors (Lipinski definition) is 5. The van der Waals surface area contributed by atoms with Crippen LogP contribution in [0.15, 0.2) is 18.5 Å². The van der Waals surface area contributed by atoms with E-state index in [0.717, 1.165) is 36.5 Å². The van der Waals surface area contributed by atoms with Gasteiger partial charge in [0.15, 0.2) is 5.82 Å². The minimum atomic E-state index is 0.480. The Kier molecular flexibility index (Phi) is 2.56. The SMILES string of the molecule is Clc1cc2nccnc2c(N2C[C@@H]3CCN[C@@H]3C2)n1. The highest BCUT2D eigenvalue weighted by atomic mass is 35.5. The van der Waals surface area contributed by atoms with Crippen molar-refractivity contribution in [3.63, 3.8) is 0 Å². The van der Waals surface area contributed by atoms with Crippen LogP contribution in [0.3, 0.4) is 0 Å². The monoisotopic (exact) mass is 275 g/mol. The van der Waals surface area contributed by atoms with Gasteiger partial charge in [-0.3, -0.25) is 4.98 Å². The molecule has 5 nitrogen and oxygen atoms in total. The molecule has 2 fully saturated rings. The summed E-state index contributed by atoms with van der Waals surface area (Å²) < 4.78 is 0. The molecule has 19 heavy (non-hydrogen) atoms. The number of anilines is 1. The molecule has 2 atom stereocenters. The van der Waals surface area contributed by atoms with E-state index in [0.29, 0.717) is 17.1 Å². The highest BCUT2D eigenvalue weighted by molar-refractivity contribution is 6.30. The van der Waals surface area contributed by atoms with Gasteiger partial charge in [-0.1, -0.05) is 11.6 Å². The molecule has 98 valence electrons. The first-order valence-corrected chi connectivity index (χ1v) is 6.94. The van der Waals surface area contributed by atoms with Gasteiger partial charge < -0.3 is 10.2 Å². The van der Waals surface area contributed by atoms with E-state index in [1.165, 1.54) is 6.42 Å². The number of halogens is 1. The molecule has 0 saturated carbocycles. The number of rotatable bonds is 1. The van der Waals surface area contributed by atoms with Gasteiger partial charge in [0, 0.05) is 37.6 Å². The molecule has 1 N–H and O–H groups in total. The summed E-state index contributed by atoms with van der Waals surface area (Å²) in [5.74, 6) is 1.58. The summed E-state index contributed by atoms with van der Waals surface area (Å²) in [5, 5.41) is 4.02. The molecule has 2 saturated heterocycles. The first kappa shape index (κ1) is 11.4. The van der Waals surface area contributed by atoms with Crippen LogP contribution in [0, 0.1) is 5.92 Å². The maximum Gasteiger partial charge on any atom is 0.158 e. The summed E-state index contributed by atoms with van der Waals surface area (Å²) in [6.45, 7) is 3.13. The second-order valence-corrected chi connectivity index (χ2v) is 5.59. The molecule has 0 radical (unpaired) electrons. The summed E-state index contributed by atoms with van der Waals surface area (Å²) in [6, 6.07) is 2.34. The van der Waals surface area contributed by atoms with E-state index in [4.69, 9.17) is 11.6 Å². The molecule has 0 unspecified atom stereocenters. The first-order valence-electron chi connectivity index (χ1n) is 6.57. The lowest BCUT2D eigenvalue weighted by molar-refractivity contribution is 0.556.